The van der Waals surface area contributed by atoms with E-state index >= 15 is 0 Å². The molecule has 2 aliphatic rings. The zero-order valence-corrected chi connectivity index (χ0v) is 9.82. The van der Waals surface area contributed by atoms with Crippen LogP contribution in [0.1, 0.15) is 39.5 Å². The van der Waals surface area contributed by atoms with Crippen molar-refractivity contribution in [1.29, 1.82) is 0 Å². The first-order valence-corrected chi connectivity index (χ1v) is 5.95. The molecule has 16 heavy (non-hydrogen) atoms. The van der Waals surface area contributed by atoms with Gasteiger partial charge in [0, 0.05) is 12.0 Å². The Hall–Kier alpha value is -1.06. The van der Waals surface area contributed by atoms with Crippen molar-refractivity contribution in [3.05, 3.63) is 0 Å². The Morgan fingerprint density at radius 1 is 1.31 bits per heavy atom. The summed E-state index contributed by atoms with van der Waals surface area (Å²) in [5, 5.41) is 11.9. The number of rotatable bonds is 3. The second-order valence-corrected chi connectivity index (χ2v) is 5.74. The van der Waals surface area contributed by atoms with Crippen molar-refractivity contribution in [2.45, 2.75) is 45.6 Å². The lowest BCUT2D eigenvalue weighted by Gasteiger charge is -2.18. The number of nitrogens with one attached hydrogen (secondary N) is 1. The number of carboxylic acids is 1. The fourth-order valence-electron chi connectivity index (χ4n) is 2.63. The van der Waals surface area contributed by atoms with Gasteiger partial charge in [-0.2, -0.15) is 0 Å². The van der Waals surface area contributed by atoms with E-state index in [4.69, 9.17) is 5.11 Å². The number of hydrogen-bond acceptors (Lipinski definition) is 2. The minimum Gasteiger partial charge on any atom is -0.481 e. The molecule has 90 valence electrons. The Labute approximate surface area is 95.4 Å². The van der Waals surface area contributed by atoms with Gasteiger partial charge in [-0.25, -0.2) is 0 Å². The molecular formula is C12H19NO3. The van der Waals surface area contributed by atoms with Crippen molar-refractivity contribution in [3.63, 3.8) is 0 Å². The highest BCUT2D eigenvalue weighted by Gasteiger charge is 2.51. The molecule has 2 aliphatic carbocycles. The molecule has 0 spiro atoms. The molecule has 0 radical (unpaired) electrons. The summed E-state index contributed by atoms with van der Waals surface area (Å²) in [6.45, 7) is 4.14. The quantitative estimate of drug-likeness (QED) is 0.763. The first-order chi connectivity index (χ1) is 7.42. The predicted octanol–water partition coefficient (Wildman–Crippen LogP) is 1.40. The number of carbonyl (C=O) groups is 2. The molecule has 1 amide bonds. The zero-order valence-electron chi connectivity index (χ0n) is 9.82. The molecule has 0 aromatic rings. The van der Waals surface area contributed by atoms with Crippen molar-refractivity contribution in [3.8, 4) is 0 Å². The Morgan fingerprint density at radius 3 is 2.44 bits per heavy atom. The maximum absolute atomic E-state index is 11.8. The average molecular weight is 225 g/mol. The fourth-order valence-corrected chi connectivity index (χ4v) is 2.63. The summed E-state index contributed by atoms with van der Waals surface area (Å²) in [5.74, 6) is -1.03. The predicted molar refractivity (Wildman–Crippen MR) is 58.8 cm³/mol. The summed E-state index contributed by atoms with van der Waals surface area (Å²) in [6, 6.07) is -0.151. The van der Waals surface area contributed by atoms with E-state index in [9.17, 15) is 9.59 Å². The van der Waals surface area contributed by atoms with Gasteiger partial charge in [0.05, 0.1) is 5.92 Å². The maximum atomic E-state index is 11.8. The second kappa shape index (κ2) is 3.75. The van der Waals surface area contributed by atoms with Gasteiger partial charge in [0.2, 0.25) is 5.91 Å². The first kappa shape index (κ1) is 11.4. The van der Waals surface area contributed by atoms with E-state index in [0.717, 1.165) is 19.3 Å². The molecule has 4 heteroatoms. The minimum absolute atomic E-state index is 0.0446. The normalized spacial score (nSPS) is 35.8. The fraction of sp³-hybridized carbons (Fsp3) is 0.833. The number of carbonyl (C=O) groups excluding carboxylic acids is 1. The van der Waals surface area contributed by atoms with Gasteiger partial charge in [-0.1, -0.05) is 20.3 Å². The third-order valence-electron chi connectivity index (χ3n) is 3.99. The lowest BCUT2D eigenvalue weighted by Crippen LogP contribution is -2.41. The summed E-state index contributed by atoms with van der Waals surface area (Å²) in [6.07, 6.45) is 3.31. The zero-order chi connectivity index (χ0) is 11.9. The lowest BCUT2D eigenvalue weighted by atomic mass is 10.0. The van der Waals surface area contributed by atoms with Crippen molar-refractivity contribution in [2.24, 2.45) is 17.3 Å². The molecule has 0 heterocycles. The van der Waals surface area contributed by atoms with E-state index in [-0.39, 0.29) is 29.2 Å². The Balaban J connectivity index is 1.90. The van der Waals surface area contributed by atoms with Crippen LogP contribution in [0.2, 0.25) is 0 Å². The van der Waals surface area contributed by atoms with Gasteiger partial charge in [-0.15, -0.1) is 0 Å². The van der Waals surface area contributed by atoms with Gasteiger partial charge >= 0.3 is 5.97 Å². The molecule has 0 saturated heterocycles. The molecule has 2 saturated carbocycles. The average Bonchev–Trinajstić information content (AvgIpc) is 2.61. The van der Waals surface area contributed by atoms with Crippen LogP contribution in [0.25, 0.3) is 0 Å². The number of amides is 1. The van der Waals surface area contributed by atoms with E-state index in [2.05, 4.69) is 19.2 Å². The van der Waals surface area contributed by atoms with Crippen LogP contribution >= 0.6 is 0 Å². The second-order valence-electron chi connectivity index (χ2n) is 5.74. The lowest BCUT2D eigenvalue weighted by molar-refractivity contribution is -0.142. The molecular weight excluding hydrogens is 206 g/mol. The van der Waals surface area contributed by atoms with E-state index in [0.29, 0.717) is 6.42 Å². The molecule has 2 rings (SSSR count). The van der Waals surface area contributed by atoms with Crippen LogP contribution in [0, 0.1) is 17.3 Å². The van der Waals surface area contributed by atoms with E-state index in [1.165, 1.54) is 0 Å². The summed E-state index contributed by atoms with van der Waals surface area (Å²) in [7, 11) is 0. The van der Waals surface area contributed by atoms with E-state index in [1.807, 2.05) is 0 Å². The van der Waals surface area contributed by atoms with E-state index in [1.54, 1.807) is 0 Å². The highest BCUT2D eigenvalue weighted by molar-refractivity contribution is 5.83. The number of carboxylic acid groups (broad SMARTS) is 1. The van der Waals surface area contributed by atoms with Gasteiger partial charge in [-0.05, 0) is 24.7 Å². The van der Waals surface area contributed by atoms with Gasteiger partial charge < -0.3 is 10.4 Å². The molecule has 2 fully saturated rings. The van der Waals surface area contributed by atoms with Gasteiger partial charge in [0.1, 0.15) is 0 Å². The molecule has 0 unspecified atom stereocenters. The Bertz CT molecular complexity index is 324. The van der Waals surface area contributed by atoms with Gasteiger partial charge in [0.25, 0.3) is 0 Å². The Morgan fingerprint density at radius 2 is 1.94 bits per heavy atom. The molecule has 0 aromatic heterocycles. The monoisotopic (exact) mass is 225 g/mol. The van der Waals surface area contributed by atoms with Crippen LogP contribution in [-0.2, 0) is 9.59 Å². The molecule has 0 aliphatic heterocycles. The van der Waals surface area contributed by atoms with Crippen LogP contribution in [0.3, 0.4) is 0 Å². The Kier molecular flexibility index (Phi) is 2.68. The van der Waals surface area contributed by atoms with Crippen LogP contribution in [0.15, 0.2) is 0 Å². The smallest absolute Gasteiger partial charge is 0.308 e. The van der Waals surface area contributed by atoms with Crippen LogP contribution < -0.4 is 5.32 Å². The van der Waals surface area contributed by atoms with Gasteiger partial charge in [-0.3, -0.25) is 9.59 Å². The van der Waals surface area contributed by atoms with Crippen molar-refractivity contribution in [1.82, 2.24) is 5.32 Å². The molecule has 0 bridgehead atoms. The number of aliphatic carboxylic acids is 1. The third kappa shape index (κ3) is 2.06. The topological polar surface area (TPSA) is 66.4 Å². The summed E-state index contributed by atoms with van der Waals surface area (Å²) in [4.78, 5) is 22.8. The van der Waals surface area contributed by atoms with Gasteiger partial charge in [0.15, 0.2) is 0 Å². The first-order valence-electron chi connectivity index (χ1n) is 5.95. The highest BCUT2D eigenvalue weighted by Crippen LogP contribution is 2.51. The minimum atomic E-state index is -0.780. The largest absolute Gasteiger partial charge is 0.481 e. The maximum Gasteiger partial charge on any atom is 0.308 e. The molecule has 2 N–H and O–H groups in total. The van der Waals surface area contributed by atoms with Crippen molar-refractivity contribution >= 4 is 11.9 Å². The van der Waals surface area contributed by atoms with E-state index < -0.39 is 5.97 Å². The van der Waals surface area contributed by atoms with Crippen LogP contribution in [-0.4, -0.2) is 23.0 Å². The van der Waals surface area contributed by atoms with Crippen LogP contribution in [0.5, 0.6) is 0 Å². The van der Waals surface area contributed by atoms with Crippen molar-refractivity contribution < 1.29 is 14.7 Å². The molecule has 0 aromatic carbocycles. The van der Waals surface area contributed by atoms with Crippen LogP contribution in [0.4, 0.5) is 0 Å². The molecule has 4 nitrogen and oxygen atoms in total. The third-order valence-corrected chi connectivity index (χ3v) is 3.99. The SMILES string of the molecule is CC1(C)C[C@@H]1C(=O)N[C@@H]1CCC[C@@H]1C(=O)O. The van der Waals surface area contributed by atoms with Crippen molar-refractivity contribution in [2.75, 3.05) is 0 Å². The molecule has 3 atom stereocenters. The number of hydrogen-bond donors (Lipinski definition) is 2. The highest BCUT2D eigenvalue weighted by atomic mass is 16.4. The summed E-state index contributed by atoms with van der Waals surface area (Å²) < 4.78 is 0. The summed E-state index contributed by atoms with van der Waals surface area (Å²) in [5.41, 5.74) is 0.113. The summed E-state index contributed by atoms with van der Waals surface area (Å²) >= 11 is 0. The standard InChI is InChI=1S/C12H19NO3/c1-12(2)6-8(12)10(14)13-9-5-3-4-7(9)11(15)16/h7-9H,3-6H2,1-2H3,(H,13,14)(H,15,16)/t7-,8+,9+/m0/s1.